The molecule has 0 amide bonds. The van der Waals surface area contributed by atoms with Gasteiger partial charge < -0.3 is 9.88 Å². The molecule has 12 rings (SSSR count). The molecule has 2 heteroatoms. The smallest absolute Gasteiger partial charge is 0.0542 e. The quantitative estimate of drug-likeness (QED) is 0.161. The lowest BCUT2D eigenvalue weighted by atomic mass is 9.79. The molecule has 3 aliphatic rings. The second-order valence-corrected chi connectivity index (χ2v) is 19.0. The van der Waals surface area contributed by atoms with E-state index < -0.39 is 0 Å². The lowest BCUT2D eigenvalue weighted by molar-refractivity contribution is 0.660. The summed E-state index contributed by atoms with van der Waals surface area (Å²) in [5.74, 6) is 0.633. The maximum absolute atomic E-state index is 4.05. The van der Waals surface area contributed by atoms with Gasteiger partial charge in [0.25, 0.3) is 0 Å². The highest BCUT2D eigenvalue weighted by Gasteiger charge is 2.37. The zero-order chi connectivity index (χ0) is 44.4. The van der Waals surface area contributed by atoms with E-state index in [0.717, 1.165) is 24.2 Å². The van der Waals surface area contributed by atoms with E-state index in [0.29, 0.717) is 11.8 Å². The average molecular weight is 849 g/mol. The fourth-order valence-corrected chi connectivity index (χ4v) is 11.1. The molecule has 2 unspecified atom stereocenters. The Hall–Kier alpha value is -7.68. The Morgan fingerprint density at radius 3 is 2.06 bits per heavy atom. The van der Waals surface area contributed by atoms with Gasteiger partial charge in [-0.3, -0.25) is 0 Å². The third kappa shape index (κ3) is 6.88. The minimum Gasteiger partial charge on any atom is -0.355 e. The molecule has 8 aromatic carbocycles. The summed E-state index contributed by atoms with van der Waals surface area (Å²) in [6.45, 7) is 7.15. The highest BCUT2D eigenvalue weighted by molar-refractivity contribution is 6.10. The van der Waals surface area contributed by atoms with Gasteiger partial charge in [0.05, 0.1) is 11.0 Å². The van der Waals surface area contributed by atoms with Crippen LogP contribution in [0.5, 0.6) is 0 Å². The predicted molar refractivity (Wildman–Crippen MR) is 280 cm³/mol. The van der Waals surface area contributed by atoms with E-state index in [1.54, 1.807) is 0 Å². The molecule has 9 aromatic rings. The zero-order valence-electron chi connectivity index (χ0n) is 37.8. The number of para-hydroxylation sites is 2. The SMILES string of the molecule is CC1CC=C(c2cccc(C3=CC(c4ccccc4)=CC(c4ccccc4)C3)c2)C=C1c1cc2c(cc1Nc1ccc3c(c1)c1ccccc1n3-c1ccccc1)C(C)(C)c1ccccc1-2. The van der Waals surface area contributed by atoms with E-state index in [9.17, 15) is 0 Å². The van der Waals surface area contributed by atoms with Gasteiger partial charge in [-0.15, -0.1) is 0 Å². The summed E-state index contributed by atoms with van der Waals surface area (Å²) in [4.78, 5) is 0. The number of allylic oxidation sites excluding steroid dienone is 8. The molecule has 2 atom stereocenters. The number of hydrogen-bond donors (Lipinski definition) is 1. The van der Waals surface area contributed by atoms with Gasteiger partial charge in [-0.2, -0.15) is 0 Å². The summed E-state index contributed by atoms with van der Waals surface area (Å²) in [5.41, 5.74) is 22.8. The zero-order valence-corrected chi connectivity index (χ0v) is 37.8. The first-order valence-corrected chi connectivity index (χ1v) is 23.6. The molecule has 3 aliphatic carbocycles. The monoisotopic (exact) mass is 848 g/mol. The first kappa shape index (κ1) is 39.9. The molecule has 0 radical (unpaired) electrons. The highest BCUT2D eigenvalue weighted by Crippen LogP contribution is 2.52. The van der Waals surface area contributed by atoms with E-state index >= 15 is 0 Å². The van der Waals surface area contributed by atoms with E-state index in [2.05, 4.69) is 249 Å². The van der Waals surface area contributed by atoms with Gasteiger partial charge >= 0.3 is 0 Å². The van der Waals surface area contributed by atoms with Crippen molar-refractivity contribution in [3.05, 3.63) is 257 Å². The number of nitrogens with zero attached hydrogens (tertiary/aromatic N) is 1. The van der Waals surface area contributed by atoms with Crippen LogP contribution < -0.4 is 5.32 Å². The predicted octanol–water partition coefficient (Wildman–Crippen LogP) is 17.0. The van der Waals surface area contributed by atoms with Crippen LogP contribution in [0.25, 0.3) is 60.9 Å². The van der Waals surface area contributed by atoms with Crippen molar-refractivity contribution in [3.63, 3.8) is 0 Å². The van der Waals surface area contributed by atoms with E-state index in [-0.39, 0.29) is 5.41 Å². The van der Waals surface area contributed by atoms with Crippen molar-refractivity contribution in [2.75, 3.05) is 5.32 Å². The number of benzene rings is 8. The minimum absolute atomic E-state index is 0.130. The fraction of sp³-hybridized carbons (Fsp3) is 0.125. The molecule has 0 saturated carbocycles. The molecule has 0 aliphatic heterocycles. The Kier molecular flexibility index (Phi) is 9.72. The first-order chi connectivity index (χ1) is 32.4. The van der Waals surface area contributed by atoms with E-state index in [1.165, 1.54) is 99.9 Å². The number of fused-ring (bicyclic) bond motifs is 6. The Morgan fingerprint density at radius 2 is 1.23 bits per heavy atom. The number of rotatable bonds is 8. The molecule has 66 heavy (non-hydrogen) atoms. The van der Waals surface area contributed by atoms with Crippen molar-refractivity contribution in [2.24, 2.45) is 5.92 Å². The second kappa shape index (κ2) is 16.1. The van der Waals surface area contributed by atoms with E-state index in [1.807, 2.05) is 0 Å². The van der Waals surface area contributed by atoms with Gasteiger partial charge in [0.15, 0.2) is 0 Å². The van der Waals surface area contributed by atoms with Gasteiger partial charge in [0.2, 0.25) is 0 Å². The lowest BCUT2D eigenvalue weighted by Crippen LogP contribution is -2.15. The Morgan fingerprint density at radius 1 is 0.530 bits per heavy atom. The van der Waals surface area contributed by atoms with Crippen molar-refractivity contribution in [1.29, 1.82) is 0 Å². The molecule has 1 heterocycles. The standard InChI is InChI=1S/C64H52N2/c1-42-30-31-47(45-22-17-23-46(34-45)50-36-48(43-18-7-4-8-19-43)35-49(37-50)44-20-9-5-10-21-44)38-55(42)57-40-56-53-26-13-15-28-59(53)64(2,3)60(56)41-61(57)65-51-32-33-63-58(39-51)54-27-14-16-29-62(54)66(63)52-24-11-6-12-25-52/h4-29,31-36,38-42,49,65H,30,37H2,1-3H3. The van der Waals surface area contributed by atoms with Gasteiger partial charge in [0, 0.05) is 44.7 Å². The van der Waals surface area contributed by atoms with Crippen LogP contribution in [0, 0.1) is 5.92 Å². The number of nitrogens with one attached hydrogen (secondary N) is 1. The maximum Gasteiger partial charge on any atom is 0.0542 e. The Balaban J connectivity index is 0.957. The number of anilines is 2. The molecule has 0 bridgehead atoms. The van der Waals surface area contributed by atoms with Gasteiger partial charge in [-0.1, -0.05) is 185 Å². The summed E-state index contributed by atoms with van der Waals surface area (Å²) < 4.78 is 2.39. The van der Waals surface area contributed by atoms with Gasteiger partial charge in [-0.25, -0.2) is 0 Å². The average Bonchev–Trinajstić information content (AvgIpc) is 3.82. The number of hydrogen-bond acceptors (Lipinski definition) is 1. The minimum atomic E-state index is -0.130. The molecule has 0 saturated heterocycles. The molecular formula is C64H52N2. The van der Waals surface area contributed by atoms with Gasteiger partial charge in [-0.05, 0) is 140 Å². The van der Waals surface area contributed by atoms with Crippen LogP contribution >= 0.6 is 0 Å². The maximum atomic E-state index is 4.05. The summed E-state index contributed by atoms with van der Waals surface area (Å²) >= 11 is 0. The molecule has 1 aromatic heterocycles. The van der Waals surface area contributed by atoms with Crippen molar-refractivity contribution < 1.29 is 0 Å². The van der Waals surface area contributed by atoms with Crippen molar-refractivity contribution >= 4 is 55.5 Å². The topological polar surface area (TPSA) is 17.0 Å². The Bertz CT molecular complexity index is 3470. The summed E-state index contributed by atoms with van der Waals surface area (Å²) in [5, 5.41) is 6.53. The van der Waals surface area contributed by atoms with Crippen molar-refractivity contribution in [3.8, 4) is 16.8 Å². The molecule has 2 nitrogen and oxygen atoms in total. The summed E-state index contributed by atoms with van der Waals surface area (Å²) in [7, 11) is 0. The lowest BCUT2D eigenvalue weighted by Gasteiger charge is -2.27. The van der Waals surface area contributed by atoms with Crippen LogP contribution in [0.1, 0.15) is 78.5 Å². The third-order valence-corrected chi connectivity index (χ3v) is 14.6. The first-order valence-electron chi connectivity index (χ1n) is 23.6. The van der Waals surface area contributed by atoms with Crippen LogP contribution in [0.2, 0.25) is 0 Å². The van der Waals surface area contributed by atoms with E-state index in [4.69, 9.17) is 0 Å². The largest absolute Gasteiger partial charge is 0.355 e. The molecule has 318 valence electrons. The molecule has 1 N–H and O–H groups in total. The van der Waals surface area contributed by atoms with Crippen molar-refractivity contribution in [2.45, 2.75) is 44.9 Å². The molecule has 0 fully saturated rings. The Labute approximate surface area is 388 Å². The van der Waals surface area contributed by atoms with Crippen molar-refractivity contribution in [1.82, 2.24) is 4.57 Å². The van der Waals surface area contributed by atoms with Crippen LogP contribution in [0.15, 0.2) is 218 Å². The summed E-state index contributed by atoms with van der Waals surface area (Å²) in [6, 6.07) is 71.5. The fourth-order valence-electron chi connectivity index (χ4n) is 11.1. The van der Waals surface area contributed by atoms with Gasteiger partial charge in [0.1, 0.15) is 0 Å². The van der Waals surface area contributed by atoms with Crippen LogP contribution in [0.3, 0.4) is 0 Å². The van der Waals surface area contributed by atoms with Crippen LogP contribution in [-0.4, -0.2) is 4.57 Å². The third-order valence-electron chi connectivity index (χ3n) is 14.6. The van der Waals surface area contributed by atoms with Crippen LogP contribution in [-0.2, 0) is 5.41 Å². The number of aromatic nitrogens is 1. The molecule has 0 spiro atoms. The molecular weight excluding hydrogens is 797 g/mol. The second-order valence-electron chi connectivity index (χ2n) is 19.0. The normalized spacial score (nSPS) is 17.4. The highest BCUT2D eigenvalue weighted by atomic mass is 15.0. The van der Waals surface area contributed by atoms with Crippen LogP contribution in [0.4, 0.5) is 11.4 Å². The summed E-state index contributed by atoms with van der Waals surface area (Å²) in [6.07, 6.45) is 11.8.